The Hall–Kier alpha value is -2.70. The Kier molecular flexibility index (Phi) is 5.59. The van der Waals surface area contributed by atoms with Crippen LogP contribution in [0.15, 0.2) is 36.0 Å². The van der Waals surface area contributed by atoms with E-state index in [0.29, 0.717) is 0 Å². The van der Waals surface area contributed by atoms with Gasteiger partial charge in [0.25, 0.3) is 5.69 Å². The molecule has 0 atom stereocenters. The summed E-state index contributed by atoms with van der Waals surface area (Å²) in [5, 5.41) is 11.0. The van der Waals surface area contributed by atoms with Crippen LogP contribution in [0.1, 0.15) is 17.3 Å². The predicted octanol–water partition coefficient (Wildman–Crippen LogP) is 1.79. The highest BCUT2D eigenvalue weighted by Gasteiger charge is 2.27. The Morgan fingerprint density at radius 1 is 1.33 bits per heavy atom. The maximum absolute atomic E-state index is 12.4. The van der Waals surface area contributed by atoms with E-state index in [9.17, 15) is 19.7 Å². The Morgan fingerprint density at radius 3 is 2.48 bits per heavy atom. The average molecular weight is 292 g/mol. The fourth-order valence-corrected chi connectivity index (χ4v) is 1.64. The second-order valence-electron chi connectivity index (χ2n) is 4.33. The van der Waals surface area contributed by atoms with E-state index < -0.39 is 16.7 Å². The van der Waals surface area contributed by atoms with Crippen molar-refractivity contribution in [2.75, 3.05) is 20.7 Å². The third kappa shape index (κ3) is 4.13. The van der Waals surface area contributed by atoms with Crippen molar-refractivity contribution in [1.29, 1.82) is 0 Å². The first-order valence-electron chi connectivity index (χ1n) is 6.22. The maximum Gasteiger partial charge on any atom is 0.343 e. The average Bonchev–Trinajstić information content (AvgIpc) is 2.44. The topological polar surface area (TPSA) is 89.8 Å². The summed E-state index contributed by atoms with van der Waals surface area (Å²) in [5.41, 5.74) is -0.753. The molecule has 0 aliphatic carbocycles. The van der Waals surface area contributed by atoms with Gasteiger partial charge in [-0.15, -0.1) is 0 Å². The van der Waals surface area contributed by atoms with Gasteiger partial charge >= 0.3 is 5.97 Å². The molecule has 1 aromatic rings. The van der Waals surface area contributed by atoms with Gasteiger partial charge in [0.2, 0.25) is 5.78 Å². The summed E-state index contributed by atoms with van der Waals surface area (Å²) in [5.74, 6) is -1.55. The van der Waals surface area contributed by atoms with Crippen LogP contribution in [0.4, 0.5) is 5.69 Å². The molecule has 0 saturated carbocycles. The smallest absolute Gasteiger partial charge is 0.343 e. The molecule has 0 spiro atoms. The van der Waals surface area contributed by atoms with Crippen molar-refractivity contribution in [2.24, 2.45) is 0 Å². The number of nitrogens with zero attached hydrogens (tertiary/aromatic N) is 2. The maximum atomic E-state index is 12.4. The van der Waals surface area contributed by atoms with Gasteiger partial charge in [-0.25, -0.2) is 4.79 Å². The number of para-hydroxylation sites is 1. The van der Waals surface area contributed by atoms with Crippen molar-refractivity contribution in [3.63, 3.8) is 0 Å². The fraction of sp³-hybridized carbons (Fsp3) is 0.286. The molecule has 0 saturated heterocycles. The Labute approximate surface area is 122 Å². The number of rotatable bonds is 6. The SMILES string of the molecule is CCOC(=O)C(=CN(C)C)C(=O)c1ccccc1[N+](=O)[O-]. The number of Topliss-reactive ketones (excluding diaryl/α,β-unsaturated/α-hetero) is 1. The molecule has 1 aromatic carbocycles. The van der Waals surface area contributed by atoms with Gasteiger partial charge in [0, 0.05) is 26.4 Å². The quantitative estimate of drug-likeness (QED) is 0.151. The lowest BCUT2D eigenvalue weighted by Gasteiger charge is -2.10. The van der Waals surface area contributed by atoms with Gasteiger partial charge in [-0.1, -0.05) is 12.1 Å². The van der Waals surface area contributed by atoms with E-state index in [1.54, 1.807) is 21.0 Å². The van der Waals surface area contributed by atoms with E-state index >= 15 is 0 Å². The lowest BCUT2D eigenvalue weighted by molar-refractivity contribution is -0.385. The monoisotopic (exact) mass is 292 g/mol. The third-order valence-corrected chi connectivity index (χ3v) is 2.47. The zero-order valence-corrected chi connectivity index (χ0v) is 12.0. The van der Waals surface area contributed by atoms with Crippen molar-refractivity contribution in [3.8, 4) is 0 Å². The van der Waals surface area contributed by atoms with Crippen LogP contribution >= 0.6 is 0 Å². The van der Waals surface area contributed by atoms with Gasteiger partial charge in [-0.2, -0.15) is 0 Å². The van der Waals surface area contributed by atoms with Crippen molar-refractivity contribution in [1.82, 2.24) is 4.90 Å². The predicted molar refractivity (Wildman–Crippen MR) is 75.8 cm³/mol. The van der Waals surface area contributed by atoms with Crippen molar-refractivity contribution >= 4 is 17.4 Å². The molecular weight excluding hydrogens is 276 g/mol. The highest BCUT2D eigenvalue weighted by molar-refractivity contribution is 6.25. The van der Waals surface area contributed by atoms with Crippen LogP contribution < -0.4 is 0 Å². The van der Waals surface area contributed by atoms with Crippen molar-refractivity contribution < 1.29 is 19.2 Å². The molecular formula is C14H16N2O5. The standard InChI is InChI=1S/C14H16N2O5/c1-4-21-14(18)11(9-15(2)3)13(17)10-7-5-6-8-12(10)16(19)20/h5-9H,4H2,1-3H3. The fourth-order valence-electron chi connectivity index (χ4n) is 1.64. The zero-order chi connectivity index (χ0) is 16.0. The number of nitro groups is 1. The normalized spacial score (nSPS) is 10.9. The number of nitro benzene ring substituents is 1. The summed E-state index contributed by atoms with van der Waals surface area (Å²) in [6.45, 7) is 1.72. The number of hydrogen-bond donors (Lipinski definition) is 0. The van der Waals surface area contributed by atoms with E-state index in [4.69, 9.17) is 4.74 Å². The van der Waals surface area contributed by atoms with E-state index in [-0.39, 0.29) is 23.4 Å². The van der Waals surface area contributed by atoms with Gasteiger partial charge in [-0.05, 0) is 13.0 Å². The molecule has 0 bridgehead atoms. The summed E-state index contributed by atoms with van der Waals surface area (Å²) in [6.07, 6.45) is 1.29. The molecule has 1 rings (SSSR count). The lowest BCUT2D eigenvalue weighted by Crippen LogP contribution is -2.20. The minimum Gasteiger partial charge on any atom is -0.462 e. The van der Waals surface area contributed by atoms with Gasteiger partial charge in [-0.3, -0.25) is 14.9 Å². The molecule has 0 aliphatic rings. The summed E-state index contributed by atoms with van der Waals surface area (Å²) in [4.78, 5) is 36.1. The Bertz CT molecular complexity index is 593. The molecule has 21 heavy (non-hydrogen) atoms. The molecule has 0 heterocycles. The number of carbonyl (C=O) groups excluding carboxylic acids is 2. The van der Waals surface area contributed by atoms with Crippen molar-refractivity contribution in [2.45, 2.75) is 6.92 Å². The van der Waals surface area contributed by atoms with E-state index in [0.717, 1.165) is 0 Å². The molecule has 7 nitrogen and oxygen atoms in total. The number of carbonyl (C=O) groups is 2. The first kappa shape index (κ1) is 16.4. The van der Waals surface area contributed by atoms with Crippen LogP contribution in [0.3, 0.4) is 0 Å². The number of ether oxygens (including phenoxy) is 1. The minimum atomic E-state index is -0.811. The summed E-state index contributed by atoms with van der Waals surface area (Å²) in [6, 6.07) is 5.47. The van der Waals surface area contributed by atoms with Crippen LogP contribution in [0.5, 0.6) is 0 Å². The minimum absolute atomic E-state index is 0.105. The zero-order valence-electron chi connectivity index (χ0n) is 12.0. The molecule has 0 unspecified atom stereocenters. The summed E-state index contributed by atoms with van der Waals surface area (Å²) in [7, 11) is 3.26. The van der Waals surface area contributed by atoms with Crippen LogP contribution in [-0.2, 0) is 9.53 Å². The molecule has 0 N–H and O–H groups in total. The first-order chi connectivity index (χ1) is 9.88. The molecule has 0 amide bonds. The second kappa shape index (κ2) is 7.18. The van der Waals surface area contributed by atoms with Crippen molar-refractivity contribution in [3.05, 3.63) is 51.7 Å². The number of esters is 1. The molecule has 0 fully saturated rings. The summed E-state index contributed by atoms with van der Waals surface area (Å²) >= 11 is 0. The number of hydrogen-bond acceptors (Lipinski definition) is 6. The molecule has 0 aliphatic heterocycles. The second-order valence-corrected chi connectivity index (χ2v) is 4.33. The largest absolute Gasteiger partial charge is 0.462 e. The molecule has 0 radical (unpaired) electrons. The first-order valence-corrected chi connectivity index (χ1v) is 6.22. The summed E-state index contributed by atoms with van der Waals surface area (Å²) < 4.78 is 4.82. The Morgan fingerprint density at radius 2 is 1.95 bits per heavy atom. The van der Waals surface area contributed by atoms with Gasteiger partial charge in [0.05, 0.1) is 11.5 Å². The van der Waals surface area contributed by atoms with Gasteiger partial charge < -0.3 is 9.64 Å². The van der Waals surface area contributed by atoms with E-state index in [1.165, 1.54) is 35.4 Å². The van der Waals surface area contributed by atoms with Gasteiger partial charge in [0.1, 0.15) is 11.1 Å². The molecule has 0 aromatic heterocycles. The highest BCUT2D eigenvalue weighted by atomic mass is 16.6. The number of ketones is 1. The van der Waals surface area contributed by atoms with Crippen LogP contribution in [-0.4, -0.2) is 42.3 Å². The Balaban J connectivity index is 3.30. The third-order valence-electron chi connectivity index (χ3n) is 2.47. The lowest BCUT2D eigenvalue weighted by atomic mass is 10.0. The van der Waals surface area contributed by atoms with E-state index in [1.807, 2.05) is 0 Å². The van der Waals surface area contributed by atoms with Gasteiger partial charge in [0.15, 0.2) is 0 Å². The number of benzene rings is 1. The van der Waals surface area contributed by atoms with Crippen LogP contribution in [0.2, 0.25) is 0 Å². The van der Waals surface area contributed by atoms with E-state index in [2.05, 4.69) is 0 Å². The van der Waals surface area contributed by atoms with Crippen LogP contribution in [0, 0.1) is 10.1 Å². The molecule has 112 valence electrons. The molecule has 7 heteroatoms. The van der Waals surface area contributed by atoms with Crippen LogP contribution in [0.25, 0.3) is 0 Å². The highest BCUT2D eigenvalue weighted by Crippen LogP contribution is 2.21.